The Hall–Kier alpha value is -0.560. The van der Waals surface area contributed by atoms with Gasteiger partial charge in [0.25, 0.3) is 10.0 Å². The summed E-state index contributed by atoms with van der Waals surface area (Å²) in [5.74, 6) is 0. The van der Waals surface area contributed by atoms with Gasteiger partial charge in [-0.15, -0.1) is 0 Å². The van der Waals surface area contributed by atoms with Crippen molar-refractivity contribution in [1.82, 2.24) is 0 Å². The van der Waals surface area contributed by atoms with E-state index in [1.54, 1.807) is 36.4 Å². The molecule has 0 heterocycles. The van der Waals surface area contributed by atoms with Gasteiger partial charge in [-0.05, 0) is 62.2 Å². The van der Waals surface area contributed by atoms with Crippen molar-refractivity contribution in [3.63, 3.8) is 0 Å². The van der Waals surface area contributed by atoms with Gasteiger partial charge in [-0.2, -0.15) is 0 Å². The first-order valence-electron chi connectivity index (χ1n) is 5.12. The molecule has 1 N–H and O–H groups in total. The molecule has 7 heteroatoms. The fourth-order valence-electron chi connectivity index (χ4n) is 1.43. The van der Waals surface area contributed by atoms with E-state index in [9.17, 15) is 8.42 Å². The summed E-state index contributed by atoms with van der Waals surface area (Å²) in [4.78, 5) is 0.178. The highest BCUT2D eigenvalue weighted by atomic mass is 79.9. The lowest BCUT2D eigenvalue weighted by molar-refractivity contribution is 0.600. The summed E-state index contributed by atoms with van der Waals surface area (Å²) in [6.45, 7) is 0. The Labute approximate surface area is 133 Å². The highest BCUT2D eigenvalue weighted by Gasteiger charge is 2.18. The Morgan fingerprint density at radius 3 is 2.32 bits per heavy atom. The van der Waals surface area contributed by atoms with Gasteiger partial charge >= 0.3 is 0 Å². The fourth-order valence-corrected chi connectivity index (χ4v) is 4.43. The number of rotatable bonds is 3. The predicted molar refractivity (Wildman–Crippen MR) is 84.1 cm³/mol. The van der Waals surface area contributed by atoms with Crippen molar-refractivity contribution in [2.45, 2.75) is 4.90 Å². The van der Waals surface area contributed by atoms with Crippen molar-refractivity contribution in [3.8, 4) is 0 Å². The van der Waals surface area contributed by atoms with Gasteiger partial charge in [0.1, 0.15) is 4.90 Å². The molecule has 0 aliphatic carbocycles. The Balaban J connectivity index is 2.40. The topological polar surface area (TPSA) is 46.2 Å². The third kappa shape index (κ3) is 3.51. The van der Waals surface area contributed by atoms with Gasteiger partial charge in [-0.1, -0.05) is 23.7 Å². The van der Waals surface area contributed by atoms with E-state index >= 15 is 0 Å². The van der Waals surface area contributed by atoms with E-state index in [-0.39, 0.29) is 4.90 Å². The molecule has 0 atom stereocenters. The van der Waals surface area contributed by atoms with Crippen LogP contribution in [-0.4, -0.2) is 8.42 Å². The van der Waals surface area contributed by atoms with E-state index in [1.807, 2.05) is 0 Å². The maximum absolute atomic E-state index is 12.3. The van der Waals surface area contributed by atoms with Crippen LogP contribution in [0.1, 0.15) is 0 Å². The molecule has 0 amide bonds. The van der Waals surface area contributed by atoms with Crippen molar-refractivity contribution in [2.24, 2.45) is 0 Å². The first kappa shape index (κ1) is 14.8. The summed E-state index contributed by atoms with van der Waals surface area (Å²) in [5, 5.41) is 0.524. The molecular weight excluding hydrogens is 417 g/mol. The lowest BCUT2D eigenvalue weighted by Gasteiger charge is -2.11. The maximum atomic E-state index is 12.3. The summed E-state index contributed by atoms with van der Waals surface area (Å²) in [6, 6.07) is 11.4. The Morgan fingerprint density at radius 1 is 1.00 bits per heavy atom. The Kier molecular flexibility index (Phi) is 4.55. The summed E-state index contributed by atoms with van der Waals surface area (Å²) >= 11 is 12.3. The zero-order valence-electron chi connectivity index (χ0n) is 9.40. The van der Waals surface area contributed by atoms with E-state index in [0.717, 1.165) is 0 Å². The van der Waals surface area contributed by atoms with Crippen LogP contribution in [0, 0.1) is 0 Å². The monoisotopic (exact) mass is 423 g/mol. The minimum absolute atomic E-state index is 0.178. The number of nitrogens with one attached hydrogen (secondary N) is 1. The smallest absolute Gasteiger partial charge is 0.263 e. The minimum atomic E-state index is -3.65. The molecule has 0 aliphatic heterocycles. The second-order valence-electron chi connectivity index (χ2n) is 3.66. The largest absolute Gasteiger partial charge is 0.278 e. The molecule has 2 rings (SSSR count). The van der Waals surface area contributed by atoms with Gasteiger partial charge in [0.15, 0.2) is 0 Å². The maximum Gasteiger partial charge on any atom is 0.263 e. The first-order chi connectivity index (χ1) is 8.90. The molecule has 3 nitrogen and oxygen atoms in total. The number of anilines is 1. The number of hydrogen-bond acceptors (Lipinski definition) is 2. The number of hydrogen-bond donors (Lipinski definition) is 1. The molecule has 0 fully saturated rings. The quantitative estimate of drug-likeness (QED) is 0.777. The predicted octanol–water partition coefficient (Wildman–Crippen LogP) is 4.67. The van der Waals surface area contributed by atoms with Crippen LogP contribution in [0.25, 0.3) is 0 Å². The average molecular weight is 426 g/mol. The zero-order chi connectivity index (χ0) is 14.0. The molecule has 2 aromatic carbocycles. The van der Waals surface area contributed by atoms with Gasteiger partial charge in [-0.25, -0.2) is 8.42 Å². The second-order valence-corrected chi connectivity index (χ2v) is 7.46. The van der Waals surface area contributed by atoms with Crippen molar-refractivity contribution in [1.29, 1.82) is 0 Å². The van der Waals surface area contributed by atoms with Gasteiger partial charge in [0.05, 0.1) is 5.69 Å². The molecule has 100 valence electrons. The van der Waals surface area contributed by atoms with E-state index in [2.05, 4.69) is 36.6 Å². The highest BCUT2D eigenvalue weighted by Crippen LogP contribution is 2.29. The molecule has 19 heavy (non-hydrogen) atoms. The first-order valence-corrected chi connectivity index (χ1v) is 8.57. The zero-order valence-corrected chi connectivity index (χ0v) is 14.1. The van der Waals surface area contributed by atoms with Crippen LogP contribution >= 0.6 is 43.5 Å². The van der Waals surface area contributed by atoms with Gasteiger partial charge < -0.3 is 0 Å². The van der Waals surface area contributed by atoms with Crippen LogP contribution in [0.2, 0.25) is 5.02 Å². The number of halogens is 3. The van der Waals surface area contributed by atoms with Crippen LogP contribution in [0.15, 0.2) is 56.3 Å². The van der Waals surface area contributed by atoms with Crippen LogP contribution < -0.4 is 4.72 Å². The fraction of sp³-hybridized carbons (Fsp3) is 0. The summed E-state index contributed by atoms with van der Waals surface area (Å²) in [6.07, 6.45) is 0. The molecule has 0 radical (unpaired) electrons. The van der Waals surface area contributed by atoms with E-state index in [4.69, 9.17) is 11.6 Å². The molecule has 0 aliphatic rings. The average Bonchev–Trinajstić information content (AvgIpc) is 2.33. The number of sulfonamides is 1. The Bertz CT molecular complexity index is 719. The lowest BCUT2D eigenvalue weighted by Crippen LogP contribution is -2.13. The SMILES string of the molecule is O=S(=O)(Nc1ccc(Cl)cc1Br)c1ccccc1Br. The molecule has 0 aromatic heterocycles. The summed E-state index contributed by atoms with van der Waals surface area (Å²) in [7, 11) is -3.65. The third-order valence-corrected chi connectivity index (χ3v) is 5.57. The van der Waals surface area contributed by atoms with Gasteiger partial charge in [0, 0.05) is 14.0 Å². The van der Waals surface area contributed by atoms with Crippen molar-refractivity contribution in [2.75, 3.05) is 4.72 Å². The van der Waals surface area contributed by atoms with Gasteiger partial charge in [0.2, 0.25) is 0 Å². The molecular formula is C12H8Br2ClNO2S. The highest BCUT2D eigenvalue weighted by molar-refractivity contribution is 9.11. The van der Waals surface area contributed by atoms with Crippen LogP contribution in [0.4, 0.5) is 5.69 Å². The normalized spacial score (nSPS) is 11.3. The summed E-state index contributed by atoms with van der Waals surface area (Å²) in [5.41, 5.74) is 0.431. The molecule has 0 saturated carbocycles. The lowest BCUT2D eigenvalue weighted by atomic mass is 10.3. The molecule has 0 bridgehead atoms. The summed E-state index contributed by atoms with van der Waals surface area (Å²) < 4.78 is 28.1. The van der Waals surface area contributed by atoms with Gasteiger partial charge in [-0.3, -0.25) is 4.72 Å². The van der Waals surface area contributed by atoms with Crippen molar-refractivity contribution >= 4 is 59.2 Å². The molecule has 0 spiro atoms. The van der Waals surface area contributed by atoms with E-state index in [1.165, 1.54) is 6.07 Å². The third-order valence-electron chi connectivity index (χ3n) is 2.30. The molecule has 0 unspecified atom stereocenters. The van der Waals surface area contributed by atoms with Crippen LogP contribution in [-0.2, 0) is 10.0 Å². The molecule has 0 saturated heterocycles. The minimum Gasteiger partial charge on any atom is -0.278 e. The number of benzene rings is 2. The standard InChI is InChI=1S/C12H8Br2ClNO2S/c13-9-3-1-2-4-12(9)19(17,18)16-11-6-5-8(15)7-10(11)14/h1-7,16H. The van der Waals surface area contributed by atoms with E-state index < -0.39 is 10.0 Å². The van der Waals surface area contributed by atoms with Crippen LogP contribution in [0.3, 0.4) is 0 Å². The van der Waals surface area contributed by atoms with E-state index in [0.29, 0.717) is 19.7 Å². The second kappa shape index (κ2) is 5.83. The van der Waals surface area contributed by atoms with Crippen molar-refractivity contribution < 1.29 is 8.42 Å². The molecule has 2 aromatic rings. The Morgan fingerprint density at radius 2 is 1.68 bits per heavy atom. The van der Waals surface area contributed by atoms with Crippen LogP contribution in [0.5, 0.6) is 0 Å². The van der Waals surface area contributed by atoms with Crippen molar-refractivity contribution in [3.05, 3.63) is 56.4 Å².